The second-order valence-electron chi connectivity index (χ2n) is 11.0. The smallest absolute Gasteiger partial charge is 0.408 e. The number of ether oxygens (including phenoxy) is 3. The van der Waals surface area contributed by atoms with Gasteiger partial charge < -0.3 is 24.4 Å². The zero-order chi connectivity index (χ0) is 27.5. The minimum atomic E-state index is -0.948. The quantitative estimate of drug-likeness (QED) is 0.574. The summed E-state index contributed by atoms with van der Waals surface area (Å²) in [4.78, 5) is 41.8. The van der Waals surface area contributed by atoms with Crippen molar-refractivity contribution in [3.63, 3.8) is 0 Å². The van der Waals surface area contributed by atoms with Gasteiger partial charge in [0.25, 0.3) is 0 Å². The number of nitrogens with zero attached hydrogens (tertiary/aromatic N) is 5. The Morgan fingerprint density at radius 1 is 1.05 bits per heavy atom. The molecule has 3 rings (SSSR count). The number of rotatable bonds is 6. The van der Waals surface area contributed by atoms with Crippen molar-refractivity contribution in [3.8, 4) is 11.4 Å². The van der Waals surface area contributed by atoms with Crippen LogP contribution >= 0.6 is 0 Å². The van der Waals surface area contributed by atoms with Crippen LogP contribution in [0.15, 0.2) is 24.3 Å². The summed E-state index contributed by atoms with van der Waals surface area (Å²) in [5, 5.41) is 15.5. The Morgan fingerprint density at radius 2 is 1.70 bits per heavy atom. The van der Waals surface area contributed by atoms with Crippen LogP contribution in [0.5, 0.6) is 5.75 Å². The van der Waals surface area contributed by atoms with Crippen LogP contribution in [-0.2, 0) is 19.1 Å². The van der Waals surface area contributed by atoms with Crippen molar-refractivity contribution in [1.82, 2.24) is 30.4 Å². The fourth-order valence-corrected chi connectivity index (χ4v) is 4.08. The maximum Gasteiger partial charge on any atom is 0.408 e. The Bertz CT molecular complexity index is 1120. The molecule has 1 saturated heterocycles. The summed E-state index contributed by atoms with van der Waals surface area (Å²) < 4.78 is 15.5. The average molecular weight is 517 g/mol. The molecule has 202 valence electrons. The van der Waals surface area contributed by atoms with Gasteiger partial charge in [0.15, 0.2) is 5.82 Å². The van der Waals surface area contributed by atoms with Gasteiger partial charge in [0.2, 0.25) is 5.91 Å². The summed E-state index contributed by atoms with van der Waals surface area (Å²) in [6, 6.07) is 5.35. The topological polar surface area (TPSA) is 138 Å². The number of esters is 1. The highest BCUT2D eigenvalue weighted by Gasteiger charge is 2.47. The fourth-order valence-electron chi connectivity index (χ4n) is 4.08. The van der Waals surface area contributed by atoms with Crippen molar-refractivity contribution in [3.05, 3.63) is 30.1 Å². The number of hydrogen-bond acceptors (Lipinski definition) is 9. The number of alkyl carbamates (subject to hydrolysis) is 1. The number of benzene rings is 1. The monoisotopic (exact) mass is 516 g/mol. The SMILES string of the molecule is COC(=O)[C@@H]1C[C@@H](c2nnn(-c3ccc(OC)cc3)n2)CN1C(=O)[C@@H](NC(=O)OC(C)(C)C)C(C)(C)C. The molecule has 0 aliphatic carbocycles. The largest absolute Gasteiger partial charge is 0.497 e. The Kier molecular flexibility index (Phi) is 8.09. The molecule has 37 heavy (non-hydrogen) atoms. The lowest BCUT2D eigenvalue weighted by Crippen LogP contribution is -2.57. The maximum atomic E-state index is 13.8. The zero-order valence-corrected chi connectivity index (χ0v) is 22.6. The highest BCUT2D eigenvalue weighted by Crippen LogP contribution is 2.33. The Morgan fingerprint density at radius 3 is 2.24 bits per heavy atom. The zero-order valence-electron chi connectivity index (χ0n) is 22.6. The molecular formula is C25H36N6O6. The predicted molar refractivity (Wildman–Crippen MR) is 133 cm³/mol. The number of tetrazole rings is 1. The highest BCUT2D eigenvalue weighted by molar-refractivity contribution is 5.91. The molecule has 1 aliphatic rings. The molecule has 1 aromatic carbocycles. The first-order valence-corrected chi connectivity index (χ1v) is 12.1. The molecule has 0 saturated carbocycles. The van der Waals surface area contributed by atoms with Gasteiger partial charge in [0.1, 0.15) is 23.4 Å². The van der Waals surface area contributed by atoms with Gasteiger partial charge in [-0.2, -0.15) is 0 Å². The predicted octanol–water partition coefficient (Wildman–Crippen LogP) is 2.47. The van der Waals surface area contributed by atoms with E-state index >= 15 is 0 Å². The van der Waals surface area contributed by atoms with Gasteiger partial charge >= 0.3 is 12.1 Å². The first-order chi connectivity index (χ1) is 17.2. The van der Waals surface area contributed by atoms with Gasteiger partial charge in [-0.25, -0.2) is 9.59 Å². The molecule has 0 radical (unpaired) electrons. The number of amides is 2. The number of hydrogen-bond donors (Lipinski definition) is 1. The van der Waals surface area contributed by atoms with Crippen LogP contribution in [0, 0.1) is 5.41 Å². The van der Waals surface area contributed by atoms with Crippen molar-refractivity contribution >= 4 is 18.0 Å². The summed E-state index contributed by atoms with van der Waals surface area (Å²) in [5.74, 6) is -0.236. The van der Waals surface area contributed by atoms with Crippen molar-refractivity contribution in [1.29, 1.82) is 0 Å². The van der Waals surface area contributed by atoms with E-state index in [1.165, 1.54) is 16.8 Å². The molecule has 12 heteroatoms. The summed E-state index contributed by atoms with van der Waals surface area (Å²) >= 11 is 0. The van der Waals surface area contributed by atoms with E-state index < -0.39 is 41.1 Å². The Balaban J connectivity index is 1.84. The third-order valence-corrected chi connectivity index (χ3v) is 5.93. The van der Waals surface area contributed by atoms with E-state index in [9.17, 15) is 14.4 Å². The second kappa shape index (κ2) is 10.7. The van der Waals surface area contributed by atoms with Crippen LogP contribution < -0.4 is 10.1 Å². The van der Waals surface area contributed by atoms with Gasteiger partial charge in [0, 0.05) is 12.5 Å². The summed E-state index contributed by atoms with van der Waals surface area (Å²) in [5.41, 5.74) is -0.712. The molecule has 0 unspecified atom stereocenters. The Labute approximate surface area is 216 Å². The lowest BCUT2D eigenvalue weighted by molar-refractivity contribution is -0.152. The van der Waals surface area contributed by atoms with E-state index in [0.29, 0.717) is 17.3 Å². The molecule has 0 spiro atoms. The average Bonchev–Trinajstić information content (AvgIpc) is 3.47. The van der Waals surface area contributed by atoms with Crippen LogP contribution in [0.1, 0.15) is 59.7 Å². The van der Waals surface area contributed by atoms with Crippen molar-refractivity contribution in [2.45, 2.75) is 71.6 Å². The fraction of sp³-hybridized carbons (Fsp3) is 0.600. The lowest BCUT2D eigenvalue weighted by atomic mass is 9.85. The van der Waals surface area contributed by atoms with E-state index in [-0.39, 0.29) is 18.9 Å². The van der Waals surface area contributed by atoms with E-state index in [0.717, 1.165) is 0 Å². The standard InChI is InChI=1S/C25H36N6O6/c1-24(2,3)19(26-23(34)37-25(4,5)6)21(32)30-14-15(13-18(30)22(33)36-8)20-27-29-31(28-20)16-9-11-17(35-7)12-10-16/h9-12,15,18-19H,13-14H2,1-8H3,(H,26,34)/t15-,18+,19-/m1/s1. The molecule has 2 amide bonds. The summed E-state index contributed by atoms with van der Waals surface area (Å²) in [6.45, 7) is 10.9. The van der Waals surface area contributed by atoms with E-state index in [1.807, 2.05) is 20.8 Å². The minimum absolute atomic E-state index is 0.162. The molecule has 0 bridgehead atoms. The van der Waals surface area contributed by atoms with Crippen molar-refractivity contribution in [2.24, 2.45) is 5.41 Å². The van der Waals surface area contributed by atoms with Crippen LogP contribution in [0.2, 0.25) is 0 Å². The molecule has 12 nitrogen and oxygen atoms in total. The van der Waals surface area contributed by atoms with Crippen molar-refractivity contribution < 1.29 is 28.6 Å². The minimum Gasteiger partial charge on any atom is -0.497 e. The molecule has 1 aromatic heterocycles. The lowest BCUT2D eigenvalue weighted by Gasteiger charge is -2.35. The number of nitrogens with one attached hydrogen (secondary N) is 1. The number of carbonyl (C=O) groups is 3. The van der Waals surface area contributed by atoms with E-state index in [1.54, 1.807) is 52.1 Å². The molecular weight excluding hydrogens is 480 g/mol. The molecule has 1 aliphatic heterocycles. The van der Waals surface area contributed by atoms with Crippen LogP contribution in [0.25, 0.3) is 5.69 Å². The van der Waals surface area contributed by atoms with Gasteiger partial charge in [-0.05, 0) is 62.1 Å². The third-order valence-electron chi connectivity index (χ3n) is 5.93. The Hall–Kier alpha value is -3.70. The molecule has 2 aromatic rings. The molecule has 2 heterocycles. The van der Waals surface area contributed by atoms with Crippen molar-refractivity contribution in [2.75, 3.05) is 20.8 Å². The van der Waals surface area contributed by atoms with Gasteiger partial charge in [0.05, 0.1) is 19.9 Å². The van der Waals surface area contributed by atoms with Gasteiger partial charge in [-0.1, -0.05) is 20.8 Å². The van der Waals surface area contributed by atoms with E-state index in [2.05, 4.69) is 20.7 Å². The number of carbonyl (C=O) groups excluding carboxylic acids is 3. The first kappa shape index (κ1) is 27.9. The number of likely N-dealkylation sites (tertiary alicyclic amines) is 1. The molecule has 1 N–H and O–H groups in total. The van der Waals surface area contributed by atoms with Crippen LogP contribution in [0.4, 0.5) is 4.79 Å². The van der Waals surface area contributed by atoms with Crippen LogP contribution in [0.3, 0.4) is 0 Å². The maximum absolute atomic E-state index is 13.8. The number of aromatic nitrogens is 4. The number of methoxy groups -OCH3 is 2. The summed E-state index contributed by atoms with van der Waals surface area (Å²) in [7, 11) is 2.86. The highest BCUT2D eigenvalue weighted by atomic mass is 16.6. The van der Waals surface area contributed by atoms with Crippen LogP contribution in [-0.4, -0.2) is 81.5 Å². The van der Waals surface area contributed by atoms with E-state index in [4.69, 9.17) is 14.2 Å². The first-order valence-electron chi connectivity index (χ1n) is 12.1. The van der Waals surface area contributed by atoms with Gasteiger partial charge in [-0.3, -0.25) is 4.79 Å². The molecule has 3 atom stereocenters. The van der Waals surface area contributed by atoms with Gasteiger partial charge in [-0.15, -0.1) is 15.0 Å². The third kappa shape index (κ3) is 6.75. The summed E-state index contributed by atoms with van der Waals surface area (Å²) in [6.07, 6.45) is -0.453. The second-order valence-corrected chi connectivity index (χ2v) is 11.0. The normalized spacial score (nSPS) is 18.8. The molecule has 1 fully saturated rings.